The number of hydrogen-bond acceptors (Lipinski definition) is 12. The molecule has 5 aromatic carbocycles. The first kappa shape index (κ1) is 53.5. The summed E-state index contributed by atoms with van der Waals surface area (Å²) in [6, 6.07) is 19.8. The maximum atomic E-state index is 13.6. The quantitative estimate of drug-likeness (QED) is 0.0314. The van der Waals surface area contributed by atoms with Crippen molar-refractivity contribution >= 4 is 127 Å². The molecule has 0 fully saturated rings. The molecule has 5 rings (SSSR count). The van der Waals surface area contributed by atoms with Gasteiger partial charge in [0, 0.05) is 34.3 Å². The van der Waals surface area contributed by atoms with Gasteiger partial charge in [-0.25, -0.2) is 0 Å². The number of carbonyl (C=O) groups excluding carboxylic acids is 6. The van der Waals surface area contributed by atoms with Gasteiger partial charge in [-0.3, -0.25) is 28.8 Å². The summed E-state index contributed by atoms with van der Waals surface area (Å²) in [6.45, 7) is 8.24. The van der Waals surface area contributed by atoms with Crippen molar-refractivity contribution in [1.29, 1.82) is 0 Å². The van der Waals surface area contributed by atoms with Crippen molar-refractivity contribution in [1.82, 2.24) is 0 Å². The standard InChI is InChI=1S/C48H45Cl5N8O8/c1-6-68-41-16-8-28(23-49)18-39(41)56-45(64)30-10-13-34(52)37(20-30)58-60-43(26(4)62)47(66)54-32-12-15-36(33(22-32)25(3)51)55-48(67)44(27(5)63)61-59-38-21-31(11-14-35(38)53)46(65)57-40-19-29(24-50)9-17-42(40)69-7-2/h8-22,25,43-44H,6-7,23-24H2,1-5H3,(H,54,66)(H,55,67)(H,56,64)(H,57,65). The highest BCUT2D eigenvalue weighted by Gasteiger charge is 2.27. The normalized spacial score (nSPS) is 12.5. The molecule has 0 spiro atoms. The number of alkyl halides is 3. The number of Topliss-reactive ketones (excluding diaryl/α,β-unsaturated/α-hetero) is 2. The fraction of sp³-hybridized carbons (Fsp3) is 0.250. The van der Waals surface area contributed by atoms with Crippen LogP contribution in [0.15, 0.2) is 111 Å². The van der Waals surface area contributed by atoms with E-state index < -0.39 is 52.7 Å². The maximum absolute atomic E-state index is 13.6. The van der Waals surface area contributed by atoms with Gasteiger partial charge in [0.2, 0.25) is 12.1 Å². The average Bonchev–Trinajstić information content (AvgIpc) is 3.31. The minimum Gasteiger partial charge on any atom is -0.492 e. The van der Waals surface area contributed by atoms with Crippen LogP contribution < -0.4 is 30.7 Å². The molecule has 69 heavy (non-hydrogen) atoms. The van der Waals surface area contributed by atoms with Crippen molar-refractivity contribution < 1.29 is 38.2 Å². The van der Waals surface area contributed by atoms with Crippen LogP contribution in [0.3, 0.4) is 0 Å². The Balaban J connectivity index is 1.29. The van der Waals surface area contributed by atoms with Crippen molar-refractivity contribution in [2.45, 2.75) is 63.8 Å². The summed E-state index contributed by atoms with van der Waals surface area (Å²) in [5.41, 5.74) is 3.25. The smallest absolute Gasteiger partial charge is 0.258 e. The second kappa shape index (κ2) is 25.3. The summed E-state index contributed by atoms with van der Waals surface area (Å²) in [5, 5.41) is 26.4. The lowest BCUT2D eigenvalue weighted by Gasteiger charge is -2.17. The van der Waals surface area contributed by atoms with Gasteiger partial charge >= 0.3 is 0 Å². The van der Waals surface area contributed by atoms with E-state index >= 15 is 0 Å². The minimum absolute atomic E-state index is 0.00262. The van der Waals surface area contributed by atoms with Gasteiger partial charge in [-0.2, -0.15) is 20.5 Å². The number of rotatable bonds is 21. The second-order valence-corrected chi connectivity index (χ2v) is 16.9. The molecule has 0 aliphatic carbocycles. The van der Waals surface area contributed by atoms with Crippen LogP contribution in [0.1, 0.15) is 77.4 Å². The Morgan fingerprint density at radius 2 is 1.01 bits per heavy atom. The highest BCUT2D eigenvalue weighted by Crippen LogP contribution is 2.34. The van der Waals surface area contributed by atoms with E-state index in [-0.39, 0.29) is 55.7 Å². The van der Waals surface area contributed by atoms with E-state index in [1.165, 1.54) is 54.6 Å². The largest absolute Gasteiger partial charge is 0.492 e. The van der Waals surface area contributed by atoms with Gasteiger partial charge in [-0.15, -0.1) is 34.8 Å². The Morgan fingerprint density at radius 3 is 1.42 bits per heavy atom. The fourth-order valence-corrected chi connectivity index (χ4v) is 7.12. The van der Waals surface area contributed by atoms with Crippen LogP contribution in [-0.2, 0) is 30.9 Å². The van der Waals surface area contributed by atoms with Crippen molar-refractivity contribution in [2.24, 2.45) is 20.5 Å². The molecule has 0 heterocycles. The number of halogens is 5. The van der Waals surface area contributed by atoms with E-state index in [1.54, 1.807) is 43.3 Å². The number of azo groups is 2. The van der Waals surface area contributed by atoms with Crippen LogP contribution in [0.5, 0.6) is 11.5 Å². The maximum Gasteiger partial charge on any atom is 0.258 e. The van der Waals surface area contributed by atoms with Crippen LogP contribution in [0, 0.1) is 0 Å². The molecule has 5 aromatic rings. The van der Waals surface area contributed by atoms with Gasteiger partial charge in [-0.05, 0) is 130 Å². The summed E-state index contributed by atoms with van der Waals surface area (Å²) in [5.74, 6) is -2.82. The van der Waals surface area contributed by atoms with E-state index in [2.05, 4.69) is 41.7 Å². The number of ketones is 2. The number of amides is 4. The van der Waals surface area contributed by atoms with E-state index in [0.29, 0.717) is 41.7 Å². The summed E-state index contributed by atoms with van der Waals surface area (Å²) in [7, 11) is 0. The molecule has 0 radical (unpaired) electrons. The zero-order valence-electron chi connectivity index (χ0n) is 37.7. The van der Waals surface area contributed by atoms with Crippen molar-refractivity contribution in [3.63, 3.8) is 0 Å². The molecule has 4 N–H and O–H groups in total. The molecule has 0 aliphatic heterocycles. The molecule has 0 bridgehead atoms. The van der Waals surface area contributed by atoms with Crippen LogP contribution in [0.4, 0.5) is 34.1 Å². The number of ether oxygens (including phenoxy) is 2. The number of anilines is 4. The monoisotopic (exact) mass is 1040 g/mol. The van der Waals surface area contributed by atoms with Crippen LogP contribution >= 0.6 is 58.0 Å². The SMILES string of the molecule is CCOc1ccc(CCl)cc1NC(=O)c1ccc(Cl)c(N=NC(C(C)=O)C(=O)Nc2ccc(NC(=O)C(N=Nc3cc(C(=O)Nc4cc(CCl)ccc4OCC)ccc3Cl)C(C)=O)c(C(C)Cl)c2)c1. The number of nitrogens with one attached hydrogen (secondary N) is 4. The van der Waals surface area contributed by atoms with E-state index in [9.17, 15) is 28.8 Å². The van der Waals surface area contributed by atoms with Crippen molar-refractivity contribution in [2.75, 3.05) is 34.5 Å². The molecule has 0 aromatic heterocycles. The summed E-state index contributed by atoms with van der Waals surface area (Å²) >= 11 is 31.3. The first-order chi connectivity index (χ1) is 33.0. The lowest BCUT2D eigenvalue weighted by Crippen LogP contribution is -2.32. The van der Waals surface area contributed by atoms with Gasteiger partial charge in [0.15, 0.2) is 11.6 Å². The third-order valence-corrected chi connectivity index (χ3v) is 11.2. The number of hydrogen-bond donors (Lipinski definition) is 4. The average molecular weight is 1040 g/mol. The van der Waals surface area contributed by atoms with Gasteiger partial charge in [0.05, 0.1) is 40.0 Å². The first-order valence-corrected chi connectivity index (χ1v) is 23.3. The molecule has 3 atom stereocenters. The first-order valence-electron chi connectivity index (χ1n) is 21.0. The Bertz CT molecular complexity index is 2820. The molecule has 0 aliphatic rings. The van der Waals surface area contributed by atoms with E-state index in [4.69, 9.17) is 67.5 Å². The topological polar surface area (TPSA) is 218 Å². The Morgan fingerprint density at radius 1 is 0.565 bits per heavy atom. The van der Waals surface area contributed by atoms with Gasteiger partial charge in [0.1, 0.15) is 22.9 Å². The molecule has 0 saturated heterocycles. The summed E-state index contributed by atoms with van der Waals surface area (Å²) in [6.07, 6.45) is 0. The van der Waals surface area contributed by atoms with Gasteiger partial charge < -0.3 is 30.7 Å². The molecular formula is C48H45Cl5N8O8. The van der Waals surface area contributed by atoms with E-state index in [1.807, 2.05) is 13.8 Å². The van der Waals surface area contributed by atoms with Crippen LogP contribution in [0.2, 0.25) is 10.0 Å². The molecule has 16 nitrogen and oxygen atoms in total. The molecule has 21 heteroatoms. The lowest BCUT2D eigenvalue weighted by atomic mass is 10.1. The van der Waals surface area contributed by atoms with Crippen LogP contribution in [0.25, 0.3) is 0 Å². The third kappa shape index (κ3) is 14.5. The minimum atomic E-state index is -1.66. The summed E-state index contributed by atoms with van der Waals surface area (Å²) in [4.78, 5) is 79.2. The zero-order chi connectivity index (χ0) is 50.4. The van der Waals surface area contributed by atoms with Crippen LogP contribution in [-0.4, -0.2) is 60.5 Å². The molecule has 0 saturated carbocycles. The Hall–Kier alpha value is -6.43. The van der Waals surface area contributed by atoms with Gasteiger partial charge in [0.25, 0.3) is 23.6 Å². The molecular weight excluding hydrogens is 994 g/mol. The highest BCUT2D eigenvalue weighted by atomic mass is 35.5. The van der Waals surface area contributed by atoms with Gasteiger partial charge in [-0.1, -0.05) is 35.3 Å². The molecule has 3 unspecified atom stereocenters. The van der Waals surface area contributed by atoms with Crippen molar-refractivity contribution in [3.05, 3.63) is 129 Å². The Kier molecular flexibility index (Phi) is 19.6. The zero-order valence-corrected chi connectivity index (χ0v) is 41.4. The summed E-state index contributed by atoms with van der Waals surface area (Å²) < 4.78 is 11.3. The third-order valence-electron chi connectivity index (χ3n) is 9.74. The lowest BCUT2D eigenvalue weighted by molar-refractivity contribution is -0.127. The number of nitrogens with zero attached hydrogens (tertiary/aromatic N) is 4. The number of carbonyl (C=O) groups is 6. The number of benzene rings is 5. The second-order valence-electron chi connectivity index (χ2n) is 14.9. The predicted octanol–water partition coefficient (Wildman–Crippen LogP) is 12.4. The fourth-order valence-electron chi connectivity index (χ4n) is 6.30. The van der Waals surface area contributed by atoms with E-state index in [0.717, 1.165) is 25.0 Å². The predicted molar refractivity (Wildman–Crippen MR) is 269 cm³/mol. The molecule has 360 valence electrons. The van der Waals surface area contributed by atoms with Crippen molar-refractivity contribution in [3.8, 4) is 11.5 Å². The highest BCUT2D eigenvalue weighted by molar-refractivity contribution is 6.33. The Labute approximate surface area is 422 Å². The molecule has 4 amide bonds.